The number of hydrogen-bond acceptors (Lipinski definition) is 5. The zero-order valence-corrected chi connectivity index (χ0v) is 14.9. The molecule has 0 fully saturated rings. The Morgan fingerprint density at radius 3 is 2.38 bits per heavy atom. The smallest absolute Gasteiger partial charge is 0.338 e. The van der Waals surface area contributed by atoms with Crippen LogP contribution in [0.1, 0.15) is 31.1 Å². The number of benzene rings is 2. The van der Waals surface area contributed by atoms with Gasteiger partial charge in [0.1, 0.15) is 17.3 Å². The minimum atomic E-state index is -0.976. The van der Waals surface area contributed by atoms with Gasteiger partial charge in [-0.1, -0.05) is 12.1 Å². The molecule has 0 saturated heterocycles. The summed E-state index contributed by atoms with van der Waals surface area (Å²) < 4.78 is 31.9. The summed E-state index contributed by atoms with van der Waals surface area (Å²) in [5.41, 5.74) is -0.543. The Morgan fingerprint density at radius 2 is 1.72 bits per heavy atom. The predicted octanol–water partition coefficient (Wildman–Crippen LogP) is 2.54. The lowest BCUT2D eigenvalue weighted by molar-refractivity contribution is -0.119. The maximum absolute atomic E-state index is 13.5. The van der Waals surface area contributed by atoms with Crippen LogP contribution >= 0.6 is 0 Å². The van der Waals surface area contributed by atoms with Crippen molar-refractivity contribution in [1.82, 2.24) is 4.90 Å². The summed E-state index contributed by atoms with van der Waals surface area (Å²) in [5.74, 6) is -4.93. The Balaban J connectivity index is 1.67. The lowest BCUT2D eigenvalue weighted by atomic mass is 10.1. The molecule has 1 N–H and O–H groups in total. The van der Waals surface area contributed by atoms with E-state index in [0.29, 0.717) is 0 Å². The molecule has 1 aliphatic heterocycles. The van der Waals surface area contributed by atoms with Crippen molar-refractivity contribution >= 4 is 29.4 Å². The third-order valence-corrected chi connectivity index (χ3v) is 4.08. The number of anilines is 1. The summed E-state index contributed by atoms with van der Waals surface area (Å²) in [4.78, 5) is 49.4. The minimum Gasteiger partial charge on any atom is -0.452 e. The topological polar surface area (TPSA) is 92.8 Å². The standard InChI is InChI=1S/C20H14F2N2O5/c1-2-8-24-18(26)12-7-6-11(9-13(12)19(24)27)20(28)29-10-16(25)23-17-14(21)4-3-5-15(17)22/h2-7,9H,1,8,10H2,(H,23,25). The number of nitrogens with one attached hydrogen (secondary N) is 1. The van der Waals surface area contributed by atoms with Crippen LogP contribution in [0, 0.1) is 11.6 Å². The summed E-state index contributed by atoms with van der Waals surface area (Å²) in [5, 5.41) is 1.98. The monoisotopic (exact) mass is 400 g/mol. The second kappa shape index (κ2) is 8.01. The largest absolute Gasteiger partial charge is 0.452 e. The van der Waals surface area contributed by atoms with Crippen molar-refractivity contribution in [2.45, 2.75) is 0 Å². The van der Waals surface area contributed by atoms with Crippen molar-refractivity contribution in [1.29, 1.82) is 0 Å². The number of para-hydroxylation sites is 1. The van der Waals surface area contributed by atoms with Crippen LogP contribution in [0.3, 0.4) is 0 Å². The van der Waals surface area contributed by atoms with Crippen molar-refractivity contribution in [3.05, 3.63) is 77.4 Å². The third-order valence-electron chi connectivity index (χ3n) is 4.08. The first-order chi connectivity index (χ1) is 13.8. The van der Waals surface area contributed by atoms with Crippen molar-refractivity contribution in [2.75, 3.05) is 18.5 Å². The fourth-order valence-electron chi connectivity index (χ4n) is 2.72. The minimum absolute atomic E-state index is 0.0267. The van der Waals surface area contributed by atoms with Gasteiger partial charge in [0, 0.05) is 6.54 Å². The van der Waals surface area contributed by atoms with Gasteiger partial charge in [0.2, 0.25) is 0 Å². The summed E-state index contributed by atoms with van der Waals surface area (Å²) in [6.07, 6.45) is 1.40. The second-order valence-electron chi connectivity index (χ2n) is 5.99. The number of amides is 3. The number of carbonyl (C=O) groups excluding carboxylic acids is 4. The molecule has 148 valence electrons. The molecule has 0 bridgehead atoms. The van der Waals surface area contributed by atoms with E-state index in [1.165, 1.54) is 24.3 Å². The summed E-state index contributed by atoms with van der Waals surface area (Å²) in [6.45, 7) is 2.70. The summed E-state index contributed by atoms with van der Waals surface area (Å²) >= 11 is 0. The van der Waals surface area contributed by atoms with Gasteiger partial charge in [-0.25, -0.2) is 13.6 Å². The lowest BCUT2D eigenvalue weighted by Gasteiger charge is -2.09. The number of fused-ring (bicyclic) bond motifs is 1. The van der Waals surface area contributed by atoms with Gasteiger partial charge in [-0.2, -0.15) is 0 Å². The zero-order chi connectivity index (χ0) is 21.1. The van der Waals surface area contributed by atoms with Crippen molar-refractivity contribution in [3.8, 4) is 0 Å². The van der Waals surface area contributed by atoms with E-state index in [4.69, 9.17) is 4.74 Å². The van der Waals surface area contributed by atoms with Crippen LogP contribution in [-0.4, -0.2) is 41.7 Å². The number of esters is 1. The second-order valence-corrected chi connectivity index (χ2v) is 5.99. The van der Waals surface area contributed by atoms with Gasteiger partial charge in [0.15, 0.2) is 6.61 Å². The number of ether oxygens (including phenoxy) is 1. The Kier molecular flexibility index (Phi) is 5.49. The molecule has 2 aromatic carbocycles. The van der Waals surface area contributed by atoms with Crippen LogP contribution < -0.4 is 5.32 Å². The fraction of sp³-hybridized carbons (Fsp3) is 0.100. The number of rotatable bonds is 6. The van der Waals surface area contributed by atoms with Crippen LogP contribution in [0.15, 0.2) is 49.1 Å². The molecule has 0 spiro atoms. The molecule has 29 heavy (non-hydrogen) atoms. The molecule has 0 saturated carbocycles. The third kappa shape index (κ3) is 3.88. The average Bonchev–Trinajstić information content (AvgIpc) is 2.94. The first-order valence-electron chi connectivity index (χ1n) is 8.35. The predicted molar refractivity (Wildman–Crippen MR) is 97.3 cm³/mol. The van der Waals surface area contributed by atoms with Gasteiger partial charge in [-0.15, -0.1) is 6.58 Å². The van der Waals surface area contributed by atoms with Crippen molar-refractivity contribution < 1.29 is 32.7 Å². The van der Waals surface area contributed by atoms with E-state index < -0.39 is 47.6 Å². The Morgan fingerprint density at radius 1 is 1.07 bits per heavy atom. The normalized spacial score (nSPS) is 12.6. The van der Waals surface area contributed by atoms with E-state index in [0.717, 1.165) is 23.1 Å². The highest BCUT2D eigenvalue weighted by Crippen LogP contribution is 2.24. The first-order valence-corrected chi connectivity index (χ1v) is 8.35. The van der Waals surface area contributed by atoms with E-state index >= 15 is 0 Å². The molecule has 1 aliphatic rings. The fourth-order valence-corrected chi connectivity index (χ4v) is 2.72. The quantitative estimate of drug-likeness (QED) is 0.457. The number of imide groups is 1. The highest BCUT2D eigenvalue weighted by Gasteiger charge is 2.35. The van der Waals surface area contributed by atoms with E-state index in [-0.39, 0.29) is 23.2 Å². The highest BCUT2D eigenvalue weighted by atomic mass is 19.1. The molecule has 9 heteroatoms. The summed E-state index contributed by atoms with van der Waals surface area (Å²) in [6, 6.07) is 6.83. The van der Waals surface area contributed by atoms with Gasteiger partial charge in [-0.3, -0.25) is 19.3 Å². The highest BCUT2D eigenvalue weighted by molar-refractivity contribution is 6.22. The molecule has 2 aromatic rings. The van der Waals surface area contributed by atoms with Gasteiger partial charge in [0.25, 0.3) is 17.7 Å². The van der Waals surface area contributed by atoms with Crippen LogP contribution in [0.25, 0.3) is 0 Å². The maximum atomic E-state index is 13.5. The molecule has 3 amide bonds. The molecular formula is C20H14F2N2O5. The number of hydrogen-bond donors (Lipinski definition) is 1. The number of nitrogens with zero attached hydrogens (tertiary/aromatic N) is 1. The SMILES string of the molecule is C=CCN1C(=O)c2ccc(C(=O)OCC(=O)Nc3c(F)cccc3F)cc2C1=O. The van der Waals surface area contributed by atoms with Crippen molar-refractivity contribution in [2.24, 2.45) is 0 Å². The summed E-state index contributed by atoms with van der Waals surface area (Å²) in [7, 11) is 0. The van der Waals surface area contributed by atoms with Crippen molar-refractivity contribution in [3.63, 3.8) is 0 Å². The number of carbonyl (C=O) groups is 4. The van der Waals surface area contributed by atoms with Crippen LogP contribution in [-0.2, 0) is 9.53 Å². The van der Waals surface area contributed by atoms with Gasteiger partial charge in [-0.05, 0) is 30.3 Å². The van der Waals surface area contributed by atoms with Gasteiger partial charge in [0.05, 0.1) is 16.7 Å². The molecule has 0 radical (unpaired) electrons. The molecule has 0 unspecified atom stereocenters. The lowest BCUT2D eigenvalue weighted by Crippen LogP contribution is -2.29. The maximum Gasteiger partial charge on any atom is 0.338 e. The molecule has 0 atom stereocenters. The van der Waals surface area contributed by atoms with E-state index in [2.05, 4.69) is 6.58 Å². The van der Waals surface area contributed by atoms with Crippen LogP contribution in [0.5, 0.6) is 0 Å². The molecule has 7 nitrogen and oxygen atoms in total. The first kappa shape index (κ1) is 19.9. The Labute approximate surface area is 163 Å². The molecule has 0 aliphatic carbocycles. The van der Waals surface area contributed by atoms with E-state index in [9.17, 15) is 28.0 Å². The molecular weight excluding hydrogens is 386 g/mol. The van der Waals surface area contributed by atoms with Crippen LogP contribution in [0.4, 0.5) is 14.5 Å². The number of halogens is 2. The average molecular weight is 400 g/mol. The van der Waals surface area contributed by atoms with E-state index in [1.54, 1.807) is 0 Å². The van der Waals surface area contributed by atoms with Gasteiger partial charge < -0.3 is 10.1 Å². The molecule has 3 rings (SSSR count). The van der Waals surface area contributed by atoms with E-state index in [1.807, 2.05) is 5.32 Å². The van der Waals surface area contributed by atoms with Crippen LogP contribution in [0.2, 0.25) is 0 Å². The Hall–Kier alpha value is -3.88. The molecule has 0 aromatic heterocycles. The zero-order valence-electron chi connectivity index (χ0n) is 14.9. The molecule has 1 heterocycles. The Bertz CT molecular complexity index is 1030. The van der Waals surface area contributed by atoms with Gasteiger partial charge >= 0.3 is 5.97 Å².